The Kier molecular flexibility index (Phi) is 4.97. The zero-order valence-electron chi connectivity index (χ0n) is 11.3. The summed E-state index contributed by atoms with van der Waals surface area (Å²) in [5.41, 5.74) is 2.31. The van der Waals surface area contributed by atoms with Crippen molar-refractivity contribution in [2.75, 3.05) is 25.2 Å². The van der Waals surface area contributed by atoms with Crippen molar-refractivity contribution in [3.05, 3.63) is 23.3 Å². The number of hydrogen-bond donors (Lipinski definition) is 1. The first-order valence-electron chi connectivity index (χ1n) is 6.42. The van der Waals surface area contributed by atoms with Crippen molar-refractivity contribution in [1.82, 2.24) is 15.3 Å². The molecule has 100 valence electrons. The standard InChI is InChI=1S/C13H21N3OS/c1-9(2)12-10(6-14-3)7-15-13(16-12)11-8-18-5-4-17-11/h7,9,11,14H,4-6,8H2,1-3H3. The lowest BCUT2D eigenvalue weighted by molar-refractivity contribution is 0.0691. The van der Waals surface area contributed by atoms with E-state index in [9.17, 15) is 0 Å². The van der Waals surface area contributed by atoms with Crippen LogP contribution in [0.1, 0.15) is 43.0 Å². The molecule has 1 aliphatic heterocycles. The van der Waals surface area contributed by atoms with Crippen molar-refractivity contribution in [3.8, 4) is 0 Å². The van der Waals surface area contributed by atoms with Gasteiger partial charge in [-0.15, -0.1) is 0 Å². The van der Waals surface area contributed by atoms with Crippen LogP contribution >= 0.6 is 11.8 Å². The van der Waals surface area contributed by atoms with E-state index in [0.29, 0.717) is 5.92 Å². The number of hydrogen-bond acceptors (Lipinski definition) is 5. The van der Waals surface area contributed by atoms with E-state index in [2.05, 4.69) is 24.1 Å². The molecule has 0 aromatic carbocycles. The van der Waals surface area contributed by atoms with Gasteiger partial charge in [-0.05, 0) is 13.0 Å². The fraction of sp³-hybridized carbons (Fsp3) is 0.692. The van der Waals surface area contributed by atoms with Crippen LogP contribution in [0.2, 0.25) is 0 Å². The highest BCUT2D eigenvalue weighted by Crippen LogP contribution is 2.26. The fourth-order valence-electron chi connectivity index (χ4n) is 2.05. The molecule has 0 bridgehead atoms. The molecular weight excluding hydrogens is 246 g/mol. The van der Waals surface area contributed by atoms with Gasteiger partial charge >= 0.3 is 0 Å². The van der Waals surface area contributed by atoms with Crippen LogP contribution in [0.15, 0.2) is 6.20 Å². The molecule has 4 nitrogen and oxygen atoms in total. The third-order valence-electron chi connectivity index (χ3n) is 2.93. The maximum atomic E-state index is 5.74. The molecule has 1 saturated heterocycles. The zero-order valence-corrected chi connectivity index (χ0v) is 12.1. The van der Waals surface area contributed by atoms with Crippen LogP contribution < -0.4 is 5.32 Å². The molecule has 2 rings (SSSR count). The summed E-state index contributed by atoms with van der Waals surface area (Å²) in [6.07, 6.45) is 2.00. The summed E-state index contributed by atoms with van der Waals surface area (Å²) in [7, 11) is 1.94. The van der Waals surface area contributed by atoms with E-state index >= 15 is 0 Å². The Morgan fingerprint density at radius 2 is 2.39 bits per heavy atom. The van der Waals surface area contributed by atoms with E-state index in [1.54, 1.807) is 0 Å². The third kappa shape index (κ3) is 3.22. The van der Waals surface area contributed by atoms with Crippen molar-refractivity contribution < 1.29 is 4.74 Å². The number of thioether (sulfide) groups is 1. The maximum absolute atomic E-state index is 5.74. The van der Waals surface area contributed by atoms with Gasteiger partial charge in [-0.25, -0.2) is 9.97 Å². The summed E-state index contributed by atoms with van der Waals surface area (Å²) in [6.45, 7) is 5.95. The number of rotatable bonds is 4. The first kappa shape index (κ1) is 13.8. The highest BCUT2D eigenvalue weighted by molar-refractivity contribution is 7.99. The minimum absolute atomic E-state index is 0.0601. The molecule has 0 amide bonds. The smallest absolute Gasteiger partial charge is 0.158 e. The molecule has 1 N–H and O–H groups in total. The van der Waals surface area contributed by atoms with Crippen LogP contribution in [0.5, 0.6) is 0 Å². The highest BCUT2D eigenvalue weighted by Gasteiger charge is 2.21. The molecule has 2 heterocycles. The number of nitrogens with zero attached hydrogens (tertiary/aromatic N) is 2. The normalized spacial score (nSPS) is 20.3. The van der Waals surface area contributed by atoms with Crippen molar-refractivity contribution in [1.29, 1.82) is 0 Å². The van der Waals surface area contributed by atoms with Crippen LogP contribution in [0, 0.1) is 0 Å². The summed E-state index contributed by atoms with van der Waals surface area (Å²) < 4.78 is 5.74. The lowest BCUT2D eigenvalue weighted by Gasteiger charge is -2.22. The first-order chi connectivity index (χ1) is 8.72. The second-order valence-corrected chi connectivity index (χ2v) is 5.91. The first-order valence-corrected chi connectivity index (χ1v) is 7.57. The average Bonchev–Trinajstić information content (AvgIpc) is 2.40. The minimum Gasteiger partial charge on any atom is -0.368 e. The van der Waals surface area contributed by atoms with E-state index in [4.69, 9.17) is 9.72 Å². The fourth-order valence-corrected chi connectivity index (χ4v) is 2.89. The molecule has 18 heavy (non-hydrogen) atoms. The van der Waals surface area contributed by atoms with E-state index in [0.717, 1.165) is 36.2 Å². The van der Waals surface area contributed by atoms with Gasteiger partial charge in [0, 0.05) is 29.8 Å². The Bertz CT molecular complexity index is 392. The third-order valence-corrected chi connectivity index (χ3v) is 3.93. The van der Waals surface area contributed by atoms with Crippen LogP contribution in [0.3, 0.4) is 0 Å². The number of nitrogens with one attached hydrogen (secondary N) is 1. The summed E-state index contributed by atoms with van der Waals surface area (Å²) in [4.78, 5) is 9.20. The lowest BCUT2D eigenvalue weighted by Crippen LogP contribution is -2.20. The zero-order chi connectivity index (χ0) is 13.0. The Hall–Kier alpha value is -0.650. The molecule has 1 fully saturated rings. The van der Waals surface area contributed by atoms with Gasteiger partial charge in [-0.2, -0.15) is 11.8 Å². The summed E-state index contributed by atoms with van der Waals surface area (Å²) in [5.74, 6) is 3.28. The Morgan fingerprint density at radius 1 is 1.56 bits per heavy atom. The maximum Gasteiger partial charge on any atom is 0.158 e. The number of aromatic nitrogens is 2. The molecule has 1 aromatic rings. The van der Waals surface area contributed by atoms with Gasteiger partial charge in [-0.1, -0.05) is 13.8 Å². The van der Waals surface area contributed by atoms with Gasteiger partial charge in [-0.3, -0.25) is 0 Å². The second-order valence-electron chi connectivity index (χ2n) is 4.76. The van der Waals surface area contributed by atoms with Crippen molar-refractivity contribution >= 4 is 11.8 Å². The summed E-state index contributed by atoms with van der Waals surface area (Å²) >= 11 is 1.91. The van der Waals surface area contributed by atoms with Gasteiger partial charge in [0.15, 0.2) is 5.82 Å². The largest absolute Gasteiger partial charge is 0.368 e. The second kappa shape index (κ2) is 6.50. The Labute approximate surface area is 113 Å². The molecule has 0 spiro atoms. The summed E-state index contributed by atoms with van der Waals surface area (Å²) in [5, 5.41) is 3.16. The molecule has 1 unspecified atom stereocenters. The quantitative estimate of drug-likeness (QED) is 0.905. The topological polar surface area (TPSA) is 47.0 Å². The van der Waals surface area contributed by atoms with Gasteiger partial charge in [0.05, 0.1) is 12.3 Å². The average molecular weight is 267 g/mol. The van der Waals surface area contributed by atoms with Gasteiger partial charge < -0.3 is 10.1 Å². The Morgan fingerprint density at radius 3 is 3.00 bits per heavy atom. The molecule has 0 saturated carbocycles. The molecule has 1 aromatic heterocycles. The molecule has 0 aliphatic carbocycles. The molecule has 1 aliphatic rings. The summed E-state index contributed by atoms with van der Waals surface area (Å²) in [6, 6.07) is 0. The Balaban J connectivity index is 2.24. The number of ether oxygens (including phenoxy) is 1. The molecule has 1 atom stereocenters. The van der Waals surface area contributed by atoms with Gasteiger partial charge in [0.25, 0.3) is 0 Å². The predicted molar refractivity (Wildman–Crippen MR) is 74.9 cm³/mol. The molecular formula is C13H21N3OS. The monoisotopic (exact) mass is 267 g/mol. The van der Waals surface area contributed by atoms with Crippen molar-refractivity contribution in [2.24, 2.45) is 0 Å². The predicted octanol–water partition coefficient (Wildman–Crippen LogP) is 2.12. The van der Waals surface area contributed by atoms with Crippen LogP contribution in [0.25, 0.3) is 0 Å². The van der Waals surface area contributed by atoms with Crippen LogP contribution in [-0.4, -0.2) is 35.1 Å². The lowest BCUT2D eigenvalue weighted by atomic mass is 10.0. The molecule has 0 radical (unpaired) electrons. The van der Waals surface area contributed by atoms with Gasteiger partial charge in [0.1, 0.15) is 6.10 Å². The van der Waals surface area contributed by atoms with E-state index < -0.39 is 0 Å². The SMILES string of the molecule is CNCc1cnc(C2CSCCO2)nc1C(C)C. The van der Waals surface area contributed by atoms with E-state index in [-0.39, 0.29) is 6.10 Å². The van der Waals surface area contributed by atoms with Gasteiger partial charge in [0.2, 0.25) is 0 Å². The molecule has 5 heteroatoms. The van der Waals surface area contributed by atoms with E-state index in [1.807, 2.05) is 25.0 Å². The van der Waals surface area contributed by atoms with Crippen molar-refractivity contribution in [3.63, 3.8) is 0 Å². The highest BCUT2D eigenvalue weighted by atomic mass is 32.2. The van der Waals surface area contributed by atoms with Crippen LogP contribution in [0.4, 0.5) is 0 Å². The van der Waals surface area contributed by atoms with E-state index in [1.165, 1.54) is 5.56 Å². The van der Waals surface area contributed by atoms with Crippen LogP contribution in [-0.2, 0) is 11.3 Å². The minimum atomic E-state index is 0.0601. The van der Waals surface area contributed by atoms with Crippen molar-refractivity contribution in [2.45, 2.75) is 32.4 Å².